The van der Waals surface area contributed by atoms with Gasteiger partial charge in [0.1, 0.15) is 12.6 Å². The zero-order chi connectivity index (χ0) is 16.7. The van der Waals surface area contributed by atoms with E-state index in [0.717, 1.165) is 11.1 Å². The van der Waals surface area contributed by atoms with E-state index in [1.165, 1.54) is 0 Å². The SMILES string of the molecule is N[C@H](Cc1ccc(NC(=O)OCc2ccccc2)cc1)C(=O)O. The summed E-state index contributed by atoms with van der Waals surface area (Å²) in [6.45, 7) is 0.193. The van der Waals surface area contributed by atoms with E-state index in [1.54, 1.807) is 24.3 Å². The van der Waals surface area contributed by atoms with Crippen LogP contribution in [0.15, 0.2) is 54.6 Å². The maximum Gasteiger partial charge on any atom is 0.411 e. The van der Waals surface area contributed by atoms with Crippen molar-refractivity contribution in [3.63, 3.8) is 0 Å². The van der Waals surface area contributed by atoms with E-state index in [2.05, 4.69) is 5.32 Å². The monoisotopic (exact) mass is 314 g/mol. The summed E-state index contributed by atoms with van der Waals surface area (Å²) >= 11 is 0. The summed E-state index contributed by atoms with van der Waals surface area (Å²) in [6, 6.07) is 15.2. The Bertz CT molecular complexity index is 656. The highest BCUT2D eigenvalue weighted by atomic mass is 16.5. The fourth-order valence-electron chi connectivity index (χ4n) is 1.94. The summed E-state index contributed by atoms with van der Waals surface area (Å²) in [5, 5.41) is 11.4. The molecule has 1 atom stereocenters. The summed E-state index contributed by atoms with van der Waals surface area (Å²) in [4.78, 5) is 22.4. The lowest BCUT2D eigenvalue weighted by Crippen LogP contribution is -2.32. The minimum absolute atomic E-state index is 0.193. The molecule has 0 fully saturated rings. The van der Waals surface area contributed by atoms with Crippen molar-refractivity contribution < 1.29 is 19.4 Å². The second kappa shape index (κ2) is 7.95. The van der Waals surface area contributed by atoms with Crippen molar-refractivity contribution in [2.75, 3.05) is 5.32 Å². The molecule has 0 radical (unpaired) electrons. The molecule has 2 rings (SSSR count). The van der Waals surface area contributed by atoms with Crippen LogP contribution in [0, 0.1) is 0 Å². The molecule has 0 saturated heterocycles. The minimum Gasteiger partial charge on any atom is -0.480 e. The van der Waals surface area contributed by atoms with Crippen molar-refractivity contribution >= 4 is 17.7 Å². The lowest BCUT2D eigenvalue weighted by Gasteiger charge is -2.09. The number of carbonyl (C=O) groups is 2. The second-order valence-corrected chi connectivity index (χ2v) is 5.03. The number of hydrogen-bond acceptors (Lipinski definition) is 4. The van der Waals surface area contributed by atoms with Gasteiger partial charge in [-0.25, -0.2) is 4.79 Å². The number of amides is 1. The zero-order valence-corrected chi connectivity index (χ0v) is 12.4. The molecule has 0 aromatic heterocycles. The van der Waals surface area contributed by atoms with Gasteiger partial charge >= 0.3 is 12.1 Å². The number of benzene rings is 2. The molecule has 2 aromatic rings. The average molecular weight is 314 g/mol. The normalized spacial score (nSPS) is 11.5. The molecule has 0 aliphatic rings. The number of hydrogen-bond donors (Lipinski definition) is 3. The van der Waals surface area contributed by atoms with E-state index in [4.69, 9.17) is 15.6 Å². The van der Waals surface area contributed by atoms with Crippen molar-refractivity contribution in [2.24, 2.45) is 5.73 Å². The second-order valence-electron chi connectivity index (χ2n) is 5.03. The number of nitrogens with two attached hydrogens (primary N) is 1. The molecular weight excluding hydrogens is 296 g/mol. The van der Waals surface area contributed by atoms with Crippen LogP contribution in [0.3, 0.4) is 0 Å². The number of ether oxygens (including phenoxy) is 1. The molecule has 120 valence electrons. The van der Waals surface area contributed by atoms with Crippen molar-refractivity contribution in [3.8, 4) is 0 Å². The maximum absolute atomic E-state index is 11.7. The lowest BCUT2D eigenvalue weighted by molar-refractivity contribution is -0.138. The number of nitrogens with one attached hydrogen (secondary N) is 1. The zero-order valence-electron chi connectivity index (χ0n) is 12.4. The van der Waals surface area contributed by atoms with Crippen LogP contribution in [0.2, 0.25) is 0 Å². The molecule has 0 bridgehead atoms. The minimum atomic E-state index is -1.04. The lowest BCUT2D eigenvalue weighted by atomic mass is 10.1. The van der Waals surface area contributed by atoms with Gasteiger partial charge in [-0.3, -0.25) is 10.1 Å². The van der Waals surface area contributed by atoms with E-state index in [0.29, 0.717) is 5.69 Å². The van der Waals surface area contributed by atoms with Crippen LogP contribution in [0.25, 0.3) is 0 Å². The number of anilines is 1. The van der Waals surface area contributed by atoms with Crippen molar-refractivity contribution in [2.45, 2.75) is 19.1 Å². The Morgan fingerprint density at radius 2 is 1.70 bits per heavy atom. The quantitative estimate of drug-likeness (QED) is 0.760. The summed E-state index contributed by atoms with van der Waals surface area (Å²) < 4.78 is 5.11. The smallest absolute Gasteiger partial charge is 0.411 e. The summed E-state index contributed by atoms with van der Waals surface area (Å²) in [7, 11) is 0. The Morgan fingerprint density at radius 1 is 1.04 bits per heavy atom. The molecule has 0 aliphatic carbocycles. The summed E-state index contributed by atoms with van der Waals surface area (Å²) in [5.41, 5.74) is 7.72. The van der Waals surface area contributed by atoms with Crippen LogP contribution in [0.4, 0.5) is 10.5 Å². The van der Waals surface area contributed by atoms with Gasteiger partial charge in [-0.05, 0) is 29.7 Å². The Hall–Kier alpha value is -2.86. The van der Waals surface area contributed by atoms with E-state index in [-0.39, 0.29) is 13.0 Å². The van der Waals surface area contributed by atoms with Crippen LogP contribution in [0.5, 0.6) is 0 Å². The summed E-state index contributed by atoms with van der Waals surface area (Å²) in [5.74, 6) is -1.04. The van der Waals surface area contributed by atoms with Crippen molar-refractivity contribution in [1.82, 2.24) is 0 Å². The molecule has 0 heterocycles. The number of aliphatic carboxylic acids is 1. The third-order valence-corrected chi connectivity index (χ3v) is 3.19. The standard InChI is InChI=1S/C17H18N2O4/c18-15(16(20)21)10-12-6-8-14(9-7-12)19-17(22)23-11-13-4-2-1-3-5-13/h1-9,15H,10-11,18H2,(H,19,22)(H,20,21)/t15-/m1/s1. The van der Waals surface area contributed by atoms with E-state index < -0.39 is 18.1 Å². The number of carboxylic acid groups (broad SMARTS) is 1. The van der Waals surface area contributed by atoms with Gasteiger partial charge in [0.15, 0.2) is 0 Å². The van der Waals surface area contributed by atoms with Crippen LogP contribution < -0.4 is 11.1 Å². The van der Waals surface area contributed by atoms with Crippen molar-refractivity contribution in [1.29, 1.82) is 0 Å². The van der Waals surface area contributed by atoms with Gasteiger partial charge in [0.05, 0.1) is 0 Å². The first kappa shape index (κ1) is 16.5. The first-order valence-corrected chi connectivity index (χ1v) is 7.09. The number of rotatable bonds is 6. The van der Waals surface area contributed by atoms with Crippen molar-refractivity contribution in [3.05, 3.63) is 65.7 Å². The van der Waals surface area contributed by atoms with E-state index in [9.17, 15) is 9.59 Å². The third kappa shape index (κ3) is 5.44. The van der Waals surface area contributed by atoms with Gasteiger partial charge in [-0.2, -0.15) is 0 Å². The largest absolute Gasteiger partial charge is 0.480 e. The molecule has 0 aliphatic heterocycles. The fraction of sp³-hybridized carbons (Fsp3) is 0.176. The van der Waals surface area contributed by atoms with Gasteiger partial charge in [0, 0.05) is 5.69 Å². The fourth-order valence-corrected chi connectivity index (χ4v) is 1.94. The van der Waals surface area contributed by atoms with Gasteiger partial charge in [0.2, 0.25) is 0 Å². The Labute approximate surface area is 133 Å². The number of carbonyl (C=O) groups excluding carboxylic acids is 1. The highest BCUT2D eigenvalue weighted by Gasteiger charge is 2.12. The molecule has 23 heavy (non-hydrogen) atoms. The topological polar surface area (TPSA) is 102 Å². The summed E-state index contributed by atoms with van der Waals surface area (Å²) in [6.07, 6.45) is -0.322. The molecular formula is C17H18N2O4. The molecule has 6 heteroatoms. The van der Waals surface area contributed by atoms with Crippen LogP contribution in [-0.2, 0) is 22.6 Å². The Kier molecular flexibility index (Phi) is 5.71. The highest BCUT2D eigenvalue weighted by Crippen LogP contribution is 2.12. The maximum atomic E-state index is 11.7. The van der Waals surface area contributed by atoms with Crippen LogP contribution in [0.1, 0.15) is 11.1 Å². The Morgan fingerprint density at radius 3 is 2.30 bits per heavy atom. The van der Waals surface area contributed by atoms with E-state index >= 15 is 0 Å². The molecule has 4 N–H and O–H groups in total. The number of carboxylic acids is 1. The Balaban J connectivity index is 1.83. The molecule has 0 saturated carbocycles. The highest BCUT2D eigenvalue weighted by molar-refractivity contribution is 5.84. The first-order valence-electron chi connectivity index (χ1n) is 7.09. The van der Waals surface area contributed by atoms with Crippen LogP contribution >= 0.6 is 0 Å². The van der Waals surface area contributed by atoms with Crippen LogP contribution in [-0.4, -0.2) is 23.2 Å². The molecule has 2 aromatic carbocycles. The predicted octanol–water partition coefficient (Wildman–Crippen LogP) is 2.39. The molecule has 6 nitrogen and oxygen atoms in total. The van der Waals surface area contributed by atoms with Gasteiger partial charge in [-0.15, -0.1) is 0 Å². The molecule has 0 unspecified atom stereocenters. The van der Waals surface area contributed by atoms with Gasteiger partial charge in [-0.1, -0.05) is 42.5 Å². The third-order valence-electron chi connectivity index (χ3n) is 3.19. The molecule has 1 amide bonds. The van der Waals surface area contributed by atoms with E-state index in [1.807, 2.05) is 30.3 Å². The van der Waals surface area contributed by atoms with Gasteiger partial charge in [0.25, 0.3) is 0 Å². The van der Waals surface area contributed by atoms with Gasteiger partial charge < -0.3 is 15.6 Å². The predicted molar refractivity (Wildman–Crippen MR) is 86.0 cm³/mol. The molecule has 0 spiro atoms. The average Bonchev–Trinajstić information content (AvgIpc) is 2.55. The first-order chi connectivity index (χ1) is 11.0.